The van der Waals surface area contributed by atoms with Gasteiger partial charge in [0.1, 0.15) is 5.82 Å². The van der Waals surface area contributed by atoms with Crippen LogP contribution in [0.25, 0.3) is 0 Å². The second-order valence-corrected chi connectivity index (χ2v) is 6.73. The maximum absolute atomic E-state index is 11.2. The molecule has 0 aliphatic carbocycles. The van der Waals surface area contributed by atoms with Gasteiger partial charge in [-0.2, -0.15) is 0 Å². The second kappa shape index (κ2) is 5.38. The SMILES string of the molecule is Cn1ccnc1CCC1CCC(S(N)(=O)=O)CN1. The minimum absolute atomic E-state index is 0.361. The van der Waals surface area contributed by atoms with Crippen molar-refractivity contribution in [2.45, 2.75) is 37.0 Å². The van der Waals surface area contributed by atoms with E-state index in [0.717, 1.165) is 25.1 Å². The third-order valence-electron chi connectivity index (χ3n) is 3.57. The summed E-state index contributed by atoms with van der Waals surface area (Å²) in [6.45, 7) is 0.462. The van der Waals surface area contributed by atoms with Crippen molar-refractivity contribution in [3.05, 3.63) is 18.2 Å². The van der Waals surface area contributed by atoms with Crippen LogP contribution < -0.4 is 10.5 Å². The van der Waals surface area contributed by atoms with Crippen molar-refractivity contribution >= 4 is 10.0 Å². The van der Waals surface area contributed by atoms with E-state index < -0.39 is 15.3 Å². The quantitative estimate of drug-likeness (QED) is 0.791. The lowest BCUT2D eigenvalue weighted by molar-refractivity contribution is 0.378. The highest BCUT2D eigenvalue weighted by molar-refractivity contribution is 7.89. The first-order valence-corrected chi connectivity index (χ1v) is 7.79. The van der Waals surface area contributed by atoms with Crippen molar-refractivity contribution in [2.24, 2.45) is 12.2 Å². The molecule has 102 valence electrons. The summed E-state index contributed by atoms with van der Waals surface area (Å²) in [4.78, 5) is 4.27. The Balaban J connectivity index is 1.79. The molecule has 1 saturated heterocycles. The molecule has 2 atom stereocenters. The largest absolute Gasteiger partial charge is 0.338 e. The fourth-order valence-corrected chi connectivity index (χ4v) is 3.15. The average Bonchev–Trinajstić information content (AvgIpc) is 2.72. The molecule has 0 saturated carbocycles. The molecule has 1 aliphatic heterocycles. The lowest BCUT2D eigenvalue weighted by Crippen LogP contribution is -2.46. The molecule has 0 aromatic carbocycles. The van der Waals surface area contributed by atoms with Crippen molar-refractivity contribution in [2.75, 3.05) is 6.54 Å². The van der Waals surface area contributed by atoms with Crippen LogP contribution >= 0.6 is 0 Å². The van der Waals surface area contributed by atoms with Gasteiger partial charge in [-0.05, 0) is 19.3 Å². The monoisotopic (exact) mass is 272 g/mol. The third kappa shape index (κ3) is 3.30. The highest BCUT2D eigenvalue weighted by atomic mass is 32.2. The van der Waals surface area contributed by atoms with Gasteiger partial charge >= 0.3 is 0 Å². The fourth-order valence-electron chi connectivity index (χ4n) is 2.36. The van der Waals surface area contributed by atoms with E-state index in [1.54, 1.807) is 6.20 Å². The zero-order valence-corrected chi connectivity index (χ0v) is 11.4. The summed E-state index contributed by atoms with van der Waals surface area (Å²) in [6, 6.07) is 0.361. The van der Waals surface area contributed by atoms with E-state index in [4.69, 9.17) is 5.14 Å². The van der Waals surface area contributed by atoms with Gasteiger partial charge in [0.05, 0.1) is 5.25 Å². The second-order valence-electron chi connectivity index (χ2n) is 4.89. The molecule has 1 fully saturated rings. The molecule has 3 N–H and O–H groups in total. The van der Waals surface area contributed by atoms with E-state index in [2.05, 4.69) is 10.3 Å². The predicted octanol–water partition coefficient (Wildman–Crippen LogP) is -0.238. The van der Waals surface area contributed by atoms with Gasteiger partial charge in [0, 0.05) is 38.4 Å². The van der Waals surface area contributed by atoms with Gasteiger partial charge < -0.3 is 9.88 Å². The number of sulfonamides is 1. The van der Waals surface area contributed by atoms with Crippen LogP contribution in [0.4, 0.5) is 0 Å². The van der Waals surface area contributed by atoms with E-state index in [9.17, 15) is 8.42 Å². The molecule has 1 aromatic heterocycles. The summed E-state index contributed by atoms with van der Waals surface area (Å²) in [7, 11) is -1.41. The Morgan fingerprint density at radius 1 is 1.56 bits per heavy atom. The lowest BCUT2D eigenvalue weighted by Gasteiger charge is -2.28. The van der Waals surface area contributed by atoms with Crippen molar-refractivity contribution < 1.29 is 8.42 Å². The van der Waals surface area contributed by atoms with Crippen LogP contribution in [-0.2, 0) is 23.5 Å². The number of nitrogens with one attached hydrogen (secondary N) is 1. The highest BCUT2D eigenvalue weighted by Crippen LogP contribution is 2.16. The molecule has 0 radical (unpaired) electrons. The van der Waals surface area contributed by atoms with Gasteiger partial charge in [-0.15, -0.1) is 0 Å². The van der Waals surface area contributed by atoms with Crippen LogP contribution in [-0.4, -0.2) is 35.8 Å². The van der Waals surface area contributed by atoms with Gasteiger partial charge in [-0.3, -0.25) is 0 Å². The van der Waals surface area contributed by atoms with Gasteiger partial charge in [-0.1, -0.05) is 0 Å². The van der Waals surface area contributed by atoms with E-state index in [1.165, 1.54) is 0 Å². The number of hydrogen-bond acceptors (Lipinski definition) is 4. The molecule has 2 rings (SSSR count). The predicted molar refractivity (Wildman–Crippen MR) is 69.4 cm³/mol. The van der Waals surface area contributed by atoms with Crippen LogP contribution in [0.5, 0.6) is 0 Å². The van der Waals surface area contributed by atoms with Gasteiger partial charge in [-0.25, -0.2) is 18.5 Å². The Morgan fingerprint density at radius 3 is 2.83 bits per heavy atom. The Kier molecular flexibility index (Phi) is 4.04. The van der Waals surface area contributed by atoms with Crippen LogP contribution in [0.3, 0.4) is 0 Å². The Bertz CT molecular complexity index is 489. The highest BCUT2D eigenvalue weighted by Gasteiger charge is 2.27. The number of nitrogens with zero attached hydrogens (tertiary/aromatic N) is 2. The number of aromatic nitrogens is 2. The molecule has 6 nitrogen and oxygen atoms in total. The normalized spacial score (nSPS) is 25.2. The number of nitrogens with two attached hydrogens (primary N) is 1. The summed E-state index contributed by atoms with van der Waals surface area (Å²) < 4.78 is 24.4. The van der Waals surface area contributed by atoms with Crippen LogP contribution in [0.15, 0.2) is 12.4 Å². The first-order valence-electron chi connectivity index (χ1n) is 6.18. The van der Waals surface area contributed by atoms with E-state index in [-0.39, 0.29) is 0 Å². The van der Waals surface area contributed by atoms with Crippen molar-refractivity contribution in [3.63, 3.8) is 0 Å². The lowest BCUT2D eigenvalue weighted by atomic mass is 10.00. The van der Waals surface area contributed by atoms with E-state index in [0.29, 0.717) is 19.0 Å². The number of aryl methyl sites for hydroxylation is 2. The number of rotatable bonds is 4. The number of imidazole rings is 1. The molecular weight excluding hydrogens is 252 g/mol. The molecule has 0 spiro atoms. The Hall–Kier alpha value is -0.920. The smallest absolute Gasteiger partial charge is 0.213 e. The summed E-state index contributed by atoms with van der Waals surface area (Å²) in [5.41, 5.74) is 0. The number of primary sulfonamides is 1. The molecule has 7 heteroatoms. The zero-order chi connectivity index (χ0) is 13.2. The summed E-state index contributed by atoms with van der Waals surface area (Å²) in [5.74, 6) is 1.06. The fraction of sp³-hybridized carbons (Fsp3) is 0.727. The summed E-state index contributed by atoms with van der Waals surface area (Å²) in [6.07, 6.45) is 7.10. The molecule has 0 amide bonds. The molecule has 2 heterocycles. The molecule has 2 unspecified atom stereocenters. The molecular formula is C11H20N4O2S. The molecule has 1 aliphatic rings. The summed E-state index contributed by atoms with van der Waals surface area (Å²) >= 11 is 0. The number of piperidine rings is 1. The molecule has 18 heavy (non-hydrogen) atoms. The third-order valence-corrected chi connectivity index (χ3v) is 4.90. The van der Waals surface area contributed by atoms with Crippen LogP contribution in [0.2, 0.25) is 0 Å². The van der Waals surface area contributed by atoms with Gasteiger partial charge in [0.2, 0.25) is 10.0 Å². The zero-order valence-electron chi connectivity index (χ0n) is 10.5. The van der Waals surface area contributed by atoms with E-state index in [1.807, 2.05) is 17.8 Å². The average molecular weight is 272 g/mol. The van der Waals surface area contributed by atoms with Crippen molar-refractivity contribution in [1.82, 2.24) is 14.9 Å². The Morgan fingerprint density at radius 2 is 2.33 bits per heavy atom. The van der Waals surface area contributed by atoms with Crippen molar-refractivity contribution in [1.29, 1.82) is 0 Å². The minimum Gasteiger partial charge on any atom is -0.338 e. The van der Waals surface area contributed by atoms with Gasteiger partial charge in [0.25, 0.3) is 0 Å². The van der Waals surface area contributed by atoms with Gasteiger partial charge in [0.15, 0.2) is 0 Å². The van der Waals surface area contributed by atoms with E-state index >= 15 is 0 Å². The number of hydrogen-bond donors (Lipinski definition) is 2. The first-order chi connectivity index (χ1) is 8.47. The maximum Gasteiger partial charge on any atom is 0.213 e. The minimum atomic E-state index is -3.39. The standard InChI is InChI=1S/C11H20N4O2S/c1-15-7-6-13-11(15)5-3-9-2-4-10(8-14-9)18(12,16)17/h6-7,9-10,14H,2-5,8H2,1H3,(H2,12,16,17). The maximum atomic E-state index is 11.2. The van der Waals surface area contributed by atoms with Crippen molar-refractivity contribution in [3.8, 4) is 0 Å². The molecule has 1 aromatic rings. The van der Waals surface area contributed by atoms with Crippen LogP contribution in [0.1, 0.15) is 25.1 Å². The molecule has 0 bridgehead atoms. The first kappa shape index (κ1) is 13.5. The summed E-state index contributed by atoms with van der Waals surface area (Å²) in [5, 5.41) is 7.98. The Labute approximate surface area is 108 Å². The van der Waals surface area contributed by atoms with Crippen LogP contribution in [0, 0.1) is 0 Å². The topological polar surface area (TPSA) is 90.0 Å².